The van der Waals surface area contributed by atoms with Crippen LogP contribution in [0, 0.1) is 13.8 Å². The number of ether oxygens (including phenoxy) is 1. The average Bonchev–Trinajstić information content (AvgIpc) is 3.57. The Morgan fingerprint density at radius 3 is 2.16 bits per heavy atom. The molecule has 2 fully saturated rings. The van der Waals surface area contributed by atoms with E-state index in [1.54, 1.807) is 19.1 Å². The third-order valence-electron chi connectivity index (χ3n) is 5.72. The van der Waals surface area contributed by atoms with Gasteiger partial charge in [0.25, 0.3) is 0 Å². The molecule has 206 valence electrons. The number of rotatable bonds is 6. The fourth-order valence-corrected chi connectivity index (χ4v) is 3.49. The first-order valence-electron chi connectivity index (χ1n) is 12.8. The maximum Gasteiger partial charge on any atom is 1.00 e. The van der Waals surface area contributed by atoms with Crippen molar-refractivity contribution in [1.82, 2.24) is 15.5 Å². The van der Waals surface area contributed by atoms with Crippen LogP contribution in [0.15, 0.2) is 24.3 Å². The first-order valence-corrected chi connectivity index (χ1v) is 12.8. The van der Waals surface area contributed by atoms with Crippen molar-refractivity contribution >= 4 is 17.7 Å². The summed E-state index contributed by atoms with van der Waals surface area (Å²) in [6.45, 7) is 11.2. The molecule has 10 heteroatoms. The van der Waals surface area contributed by atoms with Crippen molar-refractivity contribution in [1.29, 1.82) is 0 Å². The number of likely N-dealkylation sites (tertiary alicyclic amines) is 1. The largest absolute Gasteiger partial charge is 1.00 e. The molecule has 3 rings (SSSR count). The summed E-state index contributed by atoms with van der Waals surface area (Å²) >= 11 is 0. The molecule has 6 N–H and O–H groups in total. The fourth-order valence-electron chi connectivity index (χ4n) is 3.49. The van der Waals surface area contributed by atoms with Crippen LogP contribution in [0.2, 0.25) is 0 Å². The predicted octanol–water partition coefficient (Wildman–Crippen LogP) is -0.687. The number of methoxy groups -OCH3 is 1. The minimum absolute atomic E-state index is 0. The molecule has 0 bridgehead atoms. The number of benzene rings is 1. The van der Waals surface area contributed by atoms with Crippen molar-refractivity contribution in [3.8, 4) is 5.75 Å². The van der Waals surface area contributed by atoms with E-state index in [1.807, 2.05) is 38.1 Å². The summed E-state index contributed by atoms with van der Waals surface area (Å²) in [5.74, 6) is 0.769. The Balaban J connectivity index is 0. The van der Waals surface area contributed by atoms with E-state index in [4.69, 9.17) is 16.2 Å². The molecular weight excluding hydrogens is 497 g/mol. The Bertz CT molecular complexity index is 756. The van der Waals surface area contributed by atoms with Gasteiger partial charge in [-0.1, -0.05) is 38.0 Å². The molecule has 2 heterocycles. The van der Waals surface area contributed by atoms with E-state index in [2.05, 4.69) is 24.5 Å². The summed E-state index contributed by atoms with van der Waals surface area (Å²) in [5.41, 5.74) is 11.2. The van der Waals surface area contributed by atoms with Gasteiger partial charge in [-0.15, -0.1) is 6.04 Å². The van der Waals surface area contributed by atoms with Crippen molar-refractivity contribution in [3.05, 3.63) is 36.8 Å². The Labute approximate surface area is 266 Å². The fraction of sp³-hybridized carbons (Fsp3) is 0.630. The molecule has 2 saturated heterocycles. The van der Waals surface area contributed by atoms with Gasteiger partial charge in [-0.3, -0.25) is 14.4 Å². The molecule has 0 aliphatic carbocycles. The molecule has 3 amide bonds. The summed E-state index contributed by atoms with van der Waals surface area (Å²) in [4.78, 5) is 35.3. The molecule has 1 aromatic carbocycles. The Morgan fingerprint density at radius 1 is 1.19 bits per heavy atom. The third-order valence-corrected chi connectivity index (χ3v) is 5.72. The van der Waals surface area contributed by atoms with Crippen molar-refractivity contribution in [3.63, 3.8) is 0 Å². The zero-order valence-corrected chi connectivity index (χ0v) is 27.0. The quantitative estimate of drug-likeness (QED) is 0.276. The second-order valence-corrected chi connectivity index (χ2v) is 8.85. The van der Waals surface area contributed by atoms with Gasteiger partial charge in [0.2, 0.25) is 17.7 Å². The van der Waals surface area contributed by atoms with Crippen LogP contribution in [0.25, 0.3) is 0 Å². The number of aryl methyl sites for hydroxylation is 1. The second-order valence-electron chi connectivity index (χ2n) is 8.85. The average molecular weight is 546 g/mol. The van der Waals surface area contributed by atoms with Gasteiger partial charge in [0.1, 0.15) is 11.8 Å². The molecule has 9 nitrogen and oxygen atoms in total. The van der Waals surface area contributed by atoms with Crippen LogP contribution in [0.3, 0.4) is 0 Å². The summed E-state index contributed by atoms with van der Waals surface area (Å²) in [5, 5.41) is 5.82. The van der Waals surface area contributed by atoms with Crippen molar-refractivity contribution in [2.45, 2.75) is 83.8 Å². The molecule has 3 atom stereocenters. The van der Waals surface area contributed by atoms with Crippen molar-refractivity contribution in [2.24, 2.45) is 11.5 Å². The zero-order chi connectivity index (χ0) is 27.5. The third kappa shape index (κ3) is 17.2. The SMILES string of the molecule is CCCC(N)=O.CNC(=O)C1CCCN1C(=O)C1CCCN1.COc1ccc(C)cc1.[CH2-][C@@H](N)CC.[K+]. The van der Waals surface area contributed by atoms with Crippen LogP contribution in [0.5, 0.6) is 5.75 Å². The summed E-state index contributed by atoms with van der Waals surface area (Å²) in [6.07, 6.45) is 6.01. The Morgan fingerprint density at radius 2 is 1.78 bits per heavy atom. The number of nitrogens with one attached hydrogen (secondary N) is 2. The molecule has 0 spiro atoms. The normalized spacial score (nSPS) is 18.3. The molecule has 2 aliphatic heterocycles. The maximum absolute atomic E-state index is 12.2. The molecule has 0 radical (unpaired) electrons. The number of nitrogens with two attached hydrogens (primary N) is 2. The van der Waals surface area contributed by atoms with Crippen LogP contribution < -0.4 is 78.2 Å². The molecule has 2 aliphatic rings. The molecule has 0 saturated carbocycles. The summed E-state index contributed by atoms with van der Waals surface area (Å²) in [6, 6.07) is 7.78. The Kier molecular flexibility index (Phi) is 23.6. The molecule has 1 aromatic rings. The Hall–Kier alpha value is -1.01. The first-order chi connectivity index (χ1) is 17.1. The van der Waals surface area contributed by atoms with Gasteiger partial charge in [-0.2, -0.15) is 0 Å². The number of hydrogen-bond donors (Lipinski definition) is 4. The van der Waals surface area contributed by atoms with E-state index in [0.717, 1.165) is 57.4 Å². The summed E-state index contributed by atoms with van der Waals surface area (Å²) in [7, 11) is 3.29. The number of nitrogens with zero attached hydrogens (tertiary/aromatic N) is 1. The van der Waals surface area contributed by atoms with Gasteiger partial charge in [0, 0.05) is 20.0 Å². The minimum atomic E-state index is -0.250. The molecular formula is C27H48KN5O4. The van der Waals surface area contributed by atoms with E-state index in [1.165, 1.54) is 5.56 Å². The van der Waals surface area contributed by atoms with Crippen LogP contribution in [0.1, 0.15) is 64.4 Å². The number of amides is 3. The zero-order valence-electron chi connectivity index (χ0n) is 23.8. The number of likely N-dealkylation sites (N-methyl/N-ethyl adjacent to an activating group) is 1. The van der Waals surface area contributed by atoms with Crippen LogP contribution >= 0.6 is 0 Å². The van der Waals surface area contributed by atoms with Gasteiger partial charge in [0.15, 0.2) is 0 Å². The van der Waals surface area contributed by atoms with Gasteiger partial charge < -0.3 is 38.7 Å². The van der Waals surface area contributed by atoms with E-state index in [-0.39, 0.29) is 87.2 Å². The predicted molar refractivity (Wildman–Crippen MR) is 145 cm³/mol. The van der Waals surface area contributed by atoms with E-state index in [0.29, 0.717) is 6.42 Å². The minimum Gasteiger partial charge on any atom is -0.497 e. The number of hydrogen-bond acceptors (Lipinski definition) is 6. The second kappa shape index (κ2) is 22.9. The number of primary amides is 1. The van der Waals surface area contributed by atoms with Gasteiger partial charge in [-0.25, -0.2) is 0 Å². The molecule has 2 unspecified atom stereocenters. The maximum atomic E-state index is 12.2. The standard InChI is InChI=1S/C11H19N3O2.C8H10O.C4H9NO.C4H10N.K/c1-12-10(15)9-5-3-7-14(9)11(16)8-4-2-6-13-8;1-7-3-5-8(9-2)6-4-7;1-2-3-4(5)6;1-3-4(2)5;/h8-9,13H,2-7H2,1H3,(H,12,15);3-6H,1-2H3;2-3H2,1H3,(H2,5,6);4H,2-3,5H2,1H3;/q;;;-1;+1/t;;;4-;/m...1./s1. The van der Waals surface area contributed by atoms with E-state index >= 15 is 0 Å². The first kappa shape index (κ1) is 38.1. The van der Waals surface area contributed by atoms with Gasteiger partial charge in [-0.05, 0) is 57.7 Å². The summed E-state index contributed by atoms with van der Waals surface area (Å²) < 4.78 is 4.97. The number of carbonyl (C=O) groups excluding carboxylic acids is 3. The topological polar surface area (TPSA) is 140 Å². The van der Waals surface area contributed by atoms with Crippen LogP contribution in [-0.2, 0) is 14.4 Å². The van der Waals surface area contributed by atoms with Crippen molar-refractivity contribution in [2.75, 3.05) is 27.2 Å². The van der Waals surface area contributed by atoms with Crippen LogP contribution in [0.4, 0.5) is 0 Å². The van der Waals surface area contributed by atoms with E-state index < -0.39 is 0 Å². The monoisotopic (exact) mass is 545 g/mol. The van der Waals surface area contributed by atoms with Gasteiger partial charge >= 0.3 is 51.4 Å². The number of carbonyl (C=O) groups is 3. The molecule has 0 aromatic heterocycles. The van der Waals surface area contributed by atoms with Crippen LogP contribution in [-0.4, -0.2) is 68.0 Å². The van der Waals surface area contributed by atoms with E-state index in [9.17, 15) is 14.4 Å². The smallest absolute Gasteiger partial charge is 0.497 e. The molecule has 37 heavy (non-hydrogen) atoms. The van der Waals surface area contributed by atoms with Crippen molar-refractivity contribution < 1.29 is 70.5 Å². The van der Waals surface area contributed by atoms with Gasteiger partial charge in [0.05, 0.1) is 13.2 Å².